The van der Waals surface area contributed by atoms with Gasteiger partial charge in [0.1, 0.15) is 6.10 Å². The number of aliphatic hydroxyl groups excluding tert-OH is 3. The lowest BCUT2D eigenvalue weighted by Gasteiger charge is -2.14. The van der Waals surface area contributed by atoms with E-state index in [0.29, 0.717) is 5.69 Å². The second-order valence-corrected chi connectivity index (χ2v) is 5.07. The van der Waals surface area contributed by atoms with Crippen LogP contribution in [0.15, 0.2) is 42.6 Å². The van der Waals surface area contributed by atoms with Gasteiger partial charge in [0.15, 0.2) is 0 Å². The molecule has 0 bridgehead atoms. The molecule has 3 N–H and O–H groups in total. The Morgan fingerprint density at radius 3 is 2.29 bits per heavy atom. The fraction of sp³-hybridized carbons (Fsp3) is 0.250. The van der Waals surface area contributed by atoms with Crippen LogP contribution >= 0.6 is 0 Å². The van der Waals surface area contributed by atoms with Crippen LogP contribution in [0.4, 0.5) is 0 Å². The van der Waals surface area contributed by atoms with Gasteiger partial charge in [0.05, 0.1) is 29.4 Å². The van der Waals surface area contributed by atoms with Crippen LogP contribution in [0.25, 0.3) is 21.8 Å². The second-order valence-electron chi connectivity index (χ2n) is 5.07. The average Bonchev–Trinajstić information content (AvgIpc) is 2.52. The van der Waals surface area contributed by atoms with E-state index in [2.05, 4.69) is 9.97 Å². The molecule has 1 aromatic heterocycles. The molecule has 0 saturated heterocycles. The first-order valence-electron chi connectivity index (χ1n) is 6.79. The maximum absolute atomic E-state index is 9.74. The number of benzene rings is 2. The van der Waals surface area contributed by atoms with E-state index in [9.17, 15) is 10.2 Å². The van der Waals surface area contributed by atoms with Crippen molar-refractivity contribution in [2.24, 2.45) is 0 Å². The number of aromatic nitrogens is 2. The van der Waals surface area contributed by atoms with Crippen LogP contribution < -0.4 is 0 Å². The van der Waals surface area contributed by atoms with Crippen LogP contribution in [0.5, 0.6) is 0 Å². The minimum absolute atomic E-state index is 0.150. The Hall–Kier alpha value is -2.08. The van der Waals surface area contributed by atoms with Crippen molar-refractivity contribution in [2.45, 2.75) is 18.6 Å². The van der Waals surface area contributed by atoms with Gasteiger partial charge in [-0.15, -0.1) is 0 Å². The van der Waals surface area contributed by atoms with Gasteiger partial charge < -0.3 is 15.3 Å². The van der Waals surface area contributed by atoms with Crippen molar-refractivity contribution in [3.05, 3.63) is 48.3 Å². The zero-order chi connectivity index (χ0) is 14.8. The maximum Gasteiger partial charge on any atom is 0.103 e. The summed E-state index contributed by atoms with van der Waals surface area (Å²) < 4.78 is 0. The van der Waals surface area contributed by atoms with Gasteiger partial charge in [-0.2, -0.15) is 0 Å². The molecule has 0 unspecified atom stereocenters. The van der Waals surface area contributed by atoms with Crippen molar-refractivity contribution < 1.29 is 15.3 Å². The summed E-state index contributed by atoms with van der Waals surface area (Å²) in [6.45, 7) is -0.479. The summed E-state index contributed by atoms with van der Waals surface area (Å²) in [6.07, 6.45) is -0.483. The third-order valence-corrected chi connectivity index (χ3v) is 3.51. The Morgan fingerprint density at radius 1 is 0.952 bits per heavy atom. The molecule has 2 aromatic carbocycles. The third-order valence-electron chi connectivity index (χ3n) is 3.51. The maximum atomic E-state index is 9.74. The Bertz CT molecular complexity index is 776. The van der Waals surface area contributed by atoms with Crippen LogP contribution in [-0.2, 0) is 6.42 Å². The molecule has 3 aromatic rings. The minimum Gasteiger partial charge on any atom is -0.394 e. The highest BCUT2D eigenvalue weighted by atomic mass is 16.4. The molecule has 5 heteroatoms. The van der Waals surface area contributed by atoms with Crippen molar-refractivity contribution in [2.75, 3.05) is 6.61 Å². The standard InChI is InChI=1S/C16H16N2O3/c19-9-16(21)15(20)7-12-8-17-13-5-10-3-1-2-4-11(10)6-14(13)18-12/h1-6,8,15-16,19-21H,7,9H2/t15-,16+/m0/s1. The monoisotopic (exact) mass is 284 g/mol. The van der Waals surface area contributed by atoms with Crippen molar-refractivity contribution in [1.82, 2.24) is 9.97 Å². The molecule has 0 aliphatic carbocycles. The summed E-state index contributed by atoms with van der Waals surface area (Å²) in [7, 11) is 0. The SMILES string of the molecule is OC[C@@H](O)[C@@H](O)Cc1cnc2cc3ccccc3cc2n1. The fourth-order valence-electron chi connectivity index (χ4n) is 2.31. The number of nitrogens with zero attached hydrogens (tertiary/aromatic N) is 2. The highest BCUT2D eigenvalue weighted by Gasteiger charge is 2.16. The lowest BCUT2D eigenvalue weighted by molar-refractivity contribution is -0.0136. The van der Waals surface area contributed by atoms with Gasteiger partial charge in [0, 0.05) is 12.6 Å². The van der Waals surface area contributed by atoms with E-state index in [-0.39, 0.29) is 6.42 Å². The molecule has 0 aliphatic heterocycles. The van der Waals surface area contributed by atoms with Gasteiger partial charge in [0.2, 0.25) is 0 Å². The summed E-state index contributed by atoms with van der Waals surface area (Å²) in [5, 5.41) is 30.1. The normalized spacial score (nSPS) is 14.4. The van der Waals surface area contributed by atoms with Gasteiger partial charge in [-0.25, -0.2) is 4.98 Å². The van der Waals surface area contributed by atoms with Crippen LogP contribution in [0.2, 0.25) is 0 Å². The highest BCUT2D eigenvalue weighted by Crippen LogP contribution is 2.20. The van der Waals surface area contributed by atoms with E-state index in [4.69, 9.17) is 5.11 Å². The van der Waals surface area contributed by atoms with E-state index in [1.807, 2.05) is 36.4 Å². The number of rotatable bonds is 4. The van der Waals surface area contributed by atoms with E-state index >= 15 is 0 Å². The summed E-state index contributed by atoms with van der Waals surface area (Å²) in [5.41, 5.74) is 2.12. The molecule has 0 spiro atoms. The topological polar surface area (TPSA) is 86.5 Å². The fourth-order valence-corrected chi connectivity index (χ4v) is 2.31. The van der Waals surface area contributed by atoms with Gasteiger partial charge in [-0.1, -0.05) is 24.3 Å². The van der Waals surface area contributed by atoms with Crippen LogP contribution in [0.1, 0.15) is 5.69 Å². The number of hydrogen-bond acceptors (Lipinski definition) is 5. The molecule has 5 nitrogen and oxygen atoms in total. The van der Waals surface area contributed by atoms with Crippen LogP contribution in [-0.4, -0.2) is 44.1 Å². The molecule has 0 amide bonds. The highest BCUT2D eigenvalue weighted by molar-refractivity contribution is 5.94. The molecule has 3 rings (SSSR count). The first-order valence-corrected chi connectivity index (χ1v) is 6.79. The molecule has 0 saturated carbocycles. The Labute approximate surface area is 121 Å². The zero-order valence-corrected chi connectivity index (χ0v) is 11.3. The lowest BCUT2D eigenvalue weighted by atomic mass is 10.1. The third kappa shape index (κ3) is 2.85. The number of hydrogen-bond donors (Lipinski definition) is 3. The summed E-state index contributed by atoms with van der Waals surface area (Å²) in [4.78, 5) is 8.82. The number of aliphatic hydroxyl groups is 3. The first-order chi connectivity index (χ1) is 10.2. The van der Waals surface area contributed by atoms with Gasteiger partial charge in [0.25, 0.3) is 0 Å². The molecular weight excluding hydrogens is 268 g/mol. The Balaban J connectivity index is 1.97. The van der Waals surface area contributed by atoms with Crippen molar-refractivity contribution >= 4 is 21.8 Å². The molecule has 0 fully saturated rings. The predicted molar refractivity (Wildman–Crippen MR) is 79.8 cm³/mol. The molecule has 0 radical (unpaired) electrons. The van der Waals surface area contributed by atoms with E-state index in [1.165, 1.54) is 0 Å². The quantitative estimate of drug-likeness (QED) is 0.623. The van der Waals surface area contributed by atoms with Crippen molar-refractivity contribution in [3.63, 3.8) is 0 Å². The zero-order valence-electron chi connectivity index (χ0n) is 11.3. The lowest BCUT2D eigenvalue weighted by Crippen LogP contribution is -2.31. The summed E-state index contributed by atoms with van der Waals surface area (Å²) >= 11 is 0. The molecule has 1 heterocycles. The van der Waals surface area contributed by atoms with Crippen molar-refractivity contribution in [3.8, 4) is 0 Å². The van der Waals surface area contributed by atoms with Crippen molar-refractivity contribution in [1.29, 1.82) is 0 Å². The largest absolute Gasteiger partial charge is 0.394 e. The van der Waals surface area contributed by atoms with Crippen LogP contribution in [0.3, 0.4) is 0 Å². The molecule has 0 aliphatic rings. The Kier molecular flexibility index (Phi) is 3.79. The van der Waals surface area contributed by atoms with E-state index in [1.54, 1.807) is 6.20 Å². The van der Waals surface area contributed by atoms with E-state index < -0.39 is 18.8 Å². The van der Waals surface area contributed by atoms with Gasteiger partial charge in [-0.3, -0.25) is 4.98 Å². The molecule has 21 heavy (non-hydrogen) atoms. The molecule has 2 atom stereocenters. The van der Waals surface area contributed by atoms with E-state index in [0.717, 1.165) is 21.8 Å². The van der Waals surface area contributed by atoms with Gasteiger partial charge in [-0.05, 0) is 22.9 Å². The average molecular weight is 284 g/mol. The first kappa shape index (κ1) is 13.9. The number of fused-ring (bicyclic) bond motifs is 2. The smallest absolute Gasteiger partial charge is 0.103 e. The van der Waals surface area contributed by atoms with Gasteiger partial charge >= 0.3 is 0 Å². The summed E-state index contributed by atoms with van der Waals surface area (Å²) in [6, 6.07) is 11.9. The minimum atomic E-state index is -1.17. The van der Waals surface area contributed by atoms with Crippen LogP contribution in [0, 0.1) is 0 Å². The second kappa shape index (κ2) is 5.73. The molecule has 108 valence electrons. The molecular formula is C16H16N2O3. The summed E-state index contributed by atoms with van der Waals surface area (Å²) in [5.74, 6) is 0. The predicted octanol–water partition coefficient (Wildman–Crippen LogP) is 1.04. The Morgan fingerprint density at radius 2 is 1.62 bits per heavy atom.